The standard InChI is InChI=1S/C12H22N4O2S/c1-3-10-5-4-6-16(8-10)19(17,18)12-9(2)14-15-11(12)7-13/h10H,3-8,13H2,1-2H3,(H,14,15). The molecular formula is C12H22N4O2S. The Morgan fingerprint density at radius 3 is 2.89 bits per heavy atom. The first-order valence-electron chi connectivity index (χ1n) is 6.74. The van der Waals surface area contributed by atoms with Crippen LogP contribution in [0, 0.1) is 12.8 Å². The predicted octanol–water partition coefficient (Wildman–Crippen LogP) is 0.988. The molecule has 0 spiro atoms. The van der Waals surface area contributed by atoms with E-state index in [4.69, 9.17) is 5.73 Å². The number of hydrogen-bond donors (Lipinski definition) is 2. The monoisotopic (exact) mass is 286 g/mol. The van der Waals surface area contributed by atoms with Crippen molar-refractivity contribution in [2.45, 2.75) is 44.6 Å². The Labute approximate surface area is 114 Å². The van der Waals surface area contributed by atoms with E-state index in [1.807, 2.05) is 0 Å². The summed E-state index contributed by atoms with van der Waals surface area (Å²) in [5, 5.41) is 6.70. The summed E-state index contributed by atoms with van der Waals surface area (Å²) in [6, 6.07) is 0. The number of nitrogens with zero attached hydrogens (tertiary/aromatic N) is 2. The molecule has 3 N–H and O–H groups in total. The van der Waals surface area contributed by atoms with Crippen LogP contribution >= 0.6 is 0 Å². The van der Waals surface area contributed by atoms with Crippen LogP contribution in [0.4, 0.5) is 0 Å². The van der Waals surface area contributed by atoms with Gasteiger partial charge in [0.25, 0.3) is 0 Å². The van der Waals surface area contributed by atoms with E-state index in [-0.39, 0.29) is 11.4 Å². The zero-order valence-electron chi connectivity index (χ0n) is 11.5. The third-order valence-electron chi connectivity index (χ3n) is 3.81. The van der Waals surface area contributed by atoms with Gasteiger partial charge in [-0.3, -0.25) is 5.10 Å². The lowest BCUT2D eigenvalue weighted by Crippen LogP contribution is -2.40. The molecule has 108 valence electrons. The highest BCUT2D eigenvalue weighted by Gasteiger charge is 2.33. The lowest BCUT2D eigenvalue weighted by Gasteiger charge is -2.31. The van der Waals surface area contributed by atoms with Gasteiger partial charge in [-0.15, -0.1) is 0 Å². The summed E-state index contributed by atoms with van der Waals surface area (Å²) in [5.74, 6) is 0.456. The normalized spacial score (nSPS) is 21.7. The highest BCUT2D eigenvalue weighted by Crippen LogP contribution is 2.27. The van der Waals surface area contributed by atoms with Gasteiger partial charge in [0.2, 0.25) is 10.0 Å². The van der Waals surface area contributed by atoms with Crippen molar-refractivity contribution in [3.8, 4) is 0 Å². The maximum atomic E-state index is 12.7. The smallest absolute Gasteiger partial charge is 0.246 e. The largest absolute Gasteiger partial charge is 0.325 e. The van der Waals surface area contributed by atoms with E-state index in [2.05, 4.69) is 17.1 Å². The minimum atomic E-state index is -3.48. The van der Waals surface area contributed by atoms with Crippen LogP contribution < -0.4 is 5.73 Å². The van der Waals surface area contributed by atoms with Gasteiger partial charge in [-0.2, -0.15) is 9.40 Å². The van der Waals surface area contributed by atoms with E-state index in [1.54, 1.807) is 11.2 Å². The number of piperidine rings is 1. The Morgan fingerprint density at radius 2 is 2.26 bits per heavy atom. The van der Waals surface area contributed by atoms with Crippen LogP contribution in [-0.2, 0) is 16.6 Å². The number of hydrogen-bond acceptors (Lipinski definition) is 4. The average Bonchev–Trinajstić information content (AvgIpc) is 2.80. The lowest BCUT2D eigenvalue weighted by molar-refractivity contribution is 0.261. The molecular weight excluding hydrogens is 264 g/mol. The van der Waals surface area contributed by atoms with Crippen LogP contribution in [0.3, 0.4) is 0 Å². The zero-order valence-corrected chi connectivity index (χ0v) is 12.3. The van der Waals surface area contributed by atoms with Crippen molar-refractivity contribution < 1.29 is 8.42 Å². The molecule has 0 aromatic carbocycles. The number of rotatable bonds is 4. The van der Waals surface area contributed by atoms with Crippen molar-refractivity contribution in [1.29, 1.82) is 0 Å². The molecule has 1 fully saturated rings. The number of H-pyrrole nitrogens is 1. The van der Waals surface area contributed by atoms with Gasteiger partial charge in [-0.05, 0) is 25.7 Å². The summed E-state index contributed by atoms with van der Waals surface area (Å²) >= 11 is 0. The SMILES string of the molecule is CCC1CCCN(S(=O)(=O)c2c(CN)n[nH]c2C)C1. The molecule has 1 aromatic rings. The Balaban J connectivity index is 2.34. The quantitative estimate of drug-likeness (QED) is 0.863. The van der Waals surface area contributed by atoms with E-state index >= 15 is 0 Å². The Bertz CT molecular complexity index is 538. The highest BCUT2D eigenvalue weighted by atomic mass is 32.2. The summed E-state index contributed by atoms with van der Waals surface area (Å²) in [6.45, 7) is 5.15. The fraction of sp³-hybridized carbons (Fsp3) is 0.750. The van der Waals surface area contributed by atoms with Crippen LogP contribution in [-0.4, -0.2) is 36.0 Å². The van der Waals surface area contributed by atoms with E-state index in [0.717, 1.165) is 19.3 Å². The summed E-state index contributed by atoms with van der Waals surface area (Å²) in [5.41, 5.74) is 6.57. The number of aromatic nitrogens is 2. The summed E-state index contributed by atoms with van der Waals surface area (Å²) in [4.78, 5) is 0.270. The zero-order chi connectivity index (χ0) is 14.0. The maximum absolute atomic E-state index is 12.7. The van der Waals surface area contributed by atoms with Gasteiger partial charge < -0.3 is 5.73 Å². The van der Waals surface area contributed by atoms with Crippen molar-refractivity contribution in [3.63, 3.8) is 0 Å². The fourth-order valence-corrected chi connectivity index (χ4v) is 4.55. The van der Waals surface area contributed by atoms with Gasteiger partial charge in [0.1, 0.15) is 4.90 Å². The van der Waals surface area contributed by atoms with E-state index in [0.29, 0.717) is 30.4 Å². The molecule has 19 heavy (non-hydrogen) atoms. The molecule has 2 rings (SSSR count). The molecule has 2 heterocycles. The van der Waals surface area contributed by atoms with Gasteiger partial charge in [0.15, 0.2) is 0 Å². The second-order valence-corrected chi connectivity index (χ2v) is 6.98. The first kappa shape index (κ1) is 14.5. The van der Waals surface area contributed by atoms with Crippen molar-refractivity contribution in [2.75, 3.05) is 13.1 Å². The molecule has 0 aliphatic carbocycles. The first-order valence-corrected chi connectivity index (χ1v) is 8.18. The molecule has 0 radical (unpaired) electrons. The van der Waals surface area contributed by atoms with Gasteiger partial charge in [-0.25, -0.2) is 8.42 Å². The fourth-order valence-electron chi connectivity index (χ4n) is 2.66. The maximum Gasteiger partial charge on any atom is 0.246 e. The molecule has 1 saturated heterocycles. The molecule has 7 heteroatoms. The van der Waals surface area contributed by atoms with Crippen LogP contribution in [0.1, 0.15) is 37.6 Å². The molecule has 0 bridgehead atoms. The summed E-state index contributed by atoms with van der Waals surface area (Å²) < 4.78 is 27.0. The van der Waals surface area contributed by atoms with Crippen LogP contribution in [0.5, 0.6) is 0 Å². The molecule has 6 nitrogen and oxygen atoms in total. The molecule has 0 saturated carbocycles. The minimum absolute atomic E-state index is 0.129. The highest BCUT2D eigenvalue weighted by molar-refractivity contribution is 7.89. The summed E-state index contributed by atoms with van der Waals surface area (Å²) in [6.07, 6.45) is 3.05. The Morgan fingerprint density at radius 1 is 1.53 bits per heavy atom. The number of aryl methyl sites for hydroxylation is 1. The third kappa shape index (κ3) is 2.68. The van der Waals surface area contributed by atoms with Crippen LogP contribution in [0.15, 0.2) is 4.90 Å². The van der Waals surface area contributed by atoms with Crippen molar-refractivity contribution in [1.82, 2.24) is 14.5 Å². The van der Waals surface area contributed by atoms with Crippen molar-refractivity contribution in [3.05, 3.63) is 11.4 Å². The first-order chi connectivity index (χ1) is 9.00. The number of aromatic amines is 1. The second-order valence-electron chi connectivity index (χ2n) is 5.11. The second kappa shape index (κ2) is 5.60. The molecule has 1 aliphatic heterocycles. The number of sulfonamides is 1. The number of nitrogens with two attached hydrogens (primary N) is 1. The molecule has 1 atom stereocenters. The predicted molar refractivity (Wildman–Crippen MR) is 73.0 cm³/mol. The van der Waals surface area contributed by atoms with Gasteiger partial charge in [0.05, 0.1) is 11.4 Å². The molecule has 1 aliphatic rings. The van der Waals surface area contributed by atoms with E-state index in [9.17, 15) is 8.42 Å². The van der Waals surface area contributed by atoms with Gasteiger partial charge in [0, 0.05) is 19.6 Å². The average molecular weight is 286 g/mol. The van der Waals surface area contributed by atoms with Crippen LogP contribution in [0.25, 0.3) is 0 Å². The van der Waals surface area contributed by atoms with E-state index in [1.165, 1.54) is 0 Å². The van der Waals surface area contributed by atoms with Gasteiger partial charge in [-0.1, -0.05) is 13.3 Å². The minimum Gasteiger partial charge on any atom is -0.325 e. The van der Waals surface area contributed by atoms with Crippen molar-refractivity contribution in [2.24, 2.45) is 11.7 Å². The Kier molecular flexibility index (Phi) is 4.27. The number of nitrogens with one attached hydrogen (secondary N) is 1. The molecule has 1 aromatic heterocycles. The molecule has 1 unspecified atom stereocenters. The van der Waals surface area contributed by atoms with E-state index < -0.39 is 10.0 Å². The van der Waals surface area contributed by atoms with Crippen molar-refractivity contribution >= 4 is 10.0 Å². The lowest BCUT2D eigenvalue weighted by atomic mass is 9.97. The summed E-state index contributed by atoms with van der Waals surface area (Å²) in [7, 11) is -3.48. The van der Waals surface area contributed by atoms with Crippen LogP contribution in [0.2, 0.25) is 0 Å². The Hall–Kier alpha value is -0.920. The molecule has 0 amide bonds. The van der Waals surface area contributed by atoms with Gasteiger partial charge >= 0.3 is 0 Å². The topological polar surface area (TPSA) is 92.1 Å². The third-order valence-corrected chi connectivity index (χ3v) is 5.88.